The van der Waals surface area contributed by atoms with Crippen molar-refractivity contribution in [2.75, 3.05) is 29.0 Å². The highest BCUT2D eigenvalue weighted by atomic mass is 19.3. The lowest BCUT2D eigenvalue weighted by Gasteiger charge is -2.34. The standard InChI is InChI=1S/C24H23F2N7/c25-24(26)8-1-10-33(15-24)19-6-4-18(5-7-19)30-22-23-29-9-11-32(23)14-21(31-22)16-2-3-17(13-27)20(28)12-16/h2-7,9,11-14,27H,1,8,10,15,28H2,(H,30,31). The van der Waals surface area contributed by atoms with Gasteiger partial charge >= 0.3 is 0 Å². The molecule has 4 N–H and O–H groups in total. The van der Waals surface area contributed by atoms with E-state index < -0.39 is 5.92 Å². The van der Waals surface area contributed by atoms with Crippen LogP contribution >= 0.6 is 0 Å². The Balaban J connectivity index is 1.44. The number of aromatic nitrogens is 3. The van der Waals surface area contributed by atoms with Gasteiger partial charge in [0.1, 0.15) is 0 Å². The number of nitrogens with one attached hydrogen (secondary N) is 2. The van der Waals surface area contributed by atoms with Crippen LogP contribution in [0.5, 0.6) is 0 Å². The third-order valence-electron chi connectivity index (χ3n) is 5.80. The van der Waals surface area contributed by atoms with Gasteiger partial charge in [-0.1, -0.05) is 12.1 Å². The minimum atomic E-state index is -2.65. The van der Waals surface area contributed by atoms with Gasteiger partial charge in [-0.05, 0) is 36.8 Å². The summed E-state index contributed by atoms with van der Waals surface area (Å²) >= 11 is 0. The fraction of sp³-hybridized carbons (Fsp3) is 0.208. The van der Waals surface area contributed by atoms with E-state index in [9.17, 15) is 8.78 Å². The van der Waals surface area contributed by atoms with Gasteiger partial charge < -0.3 is 25.8 Å². The third kappa shape index (κ3) is 4.21. The number of nitrogens with two attached hydrogens (primary N) is 1. The molecule has 0 spiro atoms. The van der Waals surface area contributed by atoms with Crippen LogP contribution in [-0.2, 0) is 0 Å². The molecule has 7 nitrogen and oxygen atoms in total. The van der Waals surface area contributed by atoms with Crippen molar-refractivity contribution in [2.45, 2.75) is 18.8 Å². The smallest absolute Gasteiger partial charge is 0.265 e. The van der Waals surface area contributed by atoms with E-state index in [1.54, 1.807) is 23.2 Å². The van der Waals surface area contributed by atoms with Crippen LogP contribution in [0.4, 0.5) is 31.7 Å². The highest BCUT2D eigenvalue weighted by Gasteiger charge is 2.35. The van der Waals surface area contributed by atoms with E-state index >= 15 is 0 Å². The van der Waals surface area contributed by atoms with Gasteiger partial charge in [-0.2, -0.15) is 0 Å². The highest BCUT2D eigenvalue weighted by Crippen LogP contribution is 2.31. The van der Waals surface area contributed by atoms with E-state index in [4.69, 9.17) is 16.1 Å². The van der Waals surface area contributed by atoms with Crippen LogP contribution in [0.2, 0.25) is 0 Å². The predicted molar refractivity (Wildman–Crippen MR) is 127 cm³/mol. The van der Waals surface area contributed by atoms with E-state index in [0.717, 1.165) is 16.9 Å². The Labute approximate surface area is 189 Å². The summed E-state index contributed by atoms with van der Waals surface area (Å²) in [4.78, 5) is 10.9. The number of halogens is 2. The topological polar surface area (TPSA) is 95.3 Å². The molecule has 2 aromatic heterocycles. The summed E-state index contributed by atoms with van der Waals surface area (Å²) in [6, 6.07) is 12.8. The minimum Gasteiger partial charge on any atom is -0.398 e. The number of hydrogen-bond donors (Lipinski definition) is 3. The van der Waals surface area contributed by atoms with Gasteiger partial charge in [0.25, 0.3) is 5.92 Å². The quantitative estimate of drug-likeness (QED) is 0.297. The Morgan fingerprint density at radius 2 is 1.97 bits per heavy atom. The molecule has 0 atom stereocenters. The van der Waals surface area contributed by atoms with Crippen LogP contribution in [0.3, 0.4) is 0 Å². The Morgan fingerprint density at radius 3 is 2.70 bits per heavy atom. The second-order valence-electron chi connectivity index (χ2n) is 8.17. The maximum Gasteiger partial charge on any atom is 0.265 e. The van der Waals surface area contributed by atoms with Crippen molar-refractivity contribution >= 4 is 34.7 Å². The van der Waals surface area contributed by atoms with Gasteiger partial charge in [-0.25, -0.2) is 18.7 Å². The predicted octanol–water partition coefficient (Wildman–Crippen LogP) is 4.96. The number of nitrogen functional groups attached to an aromatic ring is 1. The summed E-state index contributed by atoms with van der Waals surface area (Å²) < 4.78 is 29.4. The van der Waals surface area contributed by atoms with E-state index in [1.165, 1.54) is 6.21 Å². The van der Waals surface area contributed by atoms with Crippen LogP contribution in [0.25, 0.3) is 16.9 Å². The first kappa shape index (κ1) is 20.9. The molecule has 168 valence electrons. The SMILES string of the molecule is N=Cc1ccc(-c2cn3ccnc3c(Nc3ccc(N4CCCC(F)(F)C4)cc3)n2)cc1N. The van der Waals surface area contributed by atoms with Crippen LogP contribution in [0, 0.1) is 5.41 Å². The summed E-state index contributed by atoms with van der Waals surface area (Å²) in [7, 11) is 0. The minimum absolute atomic E-state index is 0.0544. The normalized spacial score (nSPS) is 15.5. The molecule has 33 heavy (non-hydrogen) atoms. The number of imidazole rings is 1. The molecule has 1 fully saturated rings. The summed E-state index contributed by atoms with van der Waals surface area (Å²) in [5, 5.41) is 10.7. The zero-order chi connectivity index (χ0) is 23.0. The zero-order valence-corrected chi connectivity index (χ0v) is 17.8. The maximum absolute atomic E-state index is 13.8. The molecular weight excluding hydrogens is 424 g/mol. The molecule has 3 heterocycles. The van der Waals surface area contributed by atoms with E-state index in [-0.39, 0.29) is 13.0 Å². The first-order valence-electron chi connectivity index (χ1n) is 10.7. The molecule has 9 heteroatoms. The van der Waals surface area contributed by atoms with Crippen molar-refractivity contribution in [2.24, 2.45) is 0 Å². The molecule has 0 bridgehead atoms. The van der Waals surface area contributed by atoms with Gasteiger partial charge in [0, 0.05) is 66.0 Å². The number of hydrogen-bond acceptors (Lipinski definition) is 6. The Hall–Kier alpha value is -4.01. The number of benzene rings is 2. The molecule has 0 amide bonds. The molecule has 2 aromatic carbocycles. The molecule has 5 rings (SSSR count). The summed E-state index contributed by atoms with van der Waals surface area (Å²) in [5.41, 5.74) is 10.9. The number of anilines is 4. The molecule has 1 aliphatic heterocycles. The fourth-order valence-corrected chi connectivity index (χ4v) is 4.10. The second kappa shape index (κ2) is 8.16. The zero-order valence-electron chi connectivity index (χ0n) is 17.8. The Kier molecular flexibility index (Phi) is 5.16. The number of piperidine rings is 1. The molecule has 1 saturated heterocycles. The molecule has 4 aromatic rings. The summed E-state index contributed by atoms with van der Waals surface area (Å²) in [6.45, 7) is 0.374. The average molecular weight is 447 g/mol. The van der Waals surface area contributed by atoms with Crippen molar-refractivity contribution < 1.29 is 8.78 Å². The molecule has 0 radical (unpaired) electrons. The van der Waals surface area contributed by atoms with Crippen molar-refractivity contribution in [1.82, 2.24) is 14.4 Å². The largest absolute Gasteiger partial charge is 0.398 e. The lowest BCUT2D eigenvalue weighted by molar-refractivity contribution is -0.0116. The number of fused-ring (bicyclic) bond motifs is 1. The molecule has 0 saturated carbocycles. The van der Waals surface area contributed by atoms with Crippen LogP contribution in [0.1, 0.15) is 18.4 Å². The molecule has 1 aliphatic rings. The van der Waals surface area contributed by atoms with Crippen LogP contribution < -0.4 is 16.0 Å². The Morgan fingerprint density at radius 1 is 1.15 bits per heavy atom. The van der Waals surface area contributed by atoms with Crippen molar-refractivity contribution in [3.63, 3.8) is 0 Å². The van der Waals surface area contributed by atoms with Gasteiger partial charge in [0.05, 0.1) is 12.2 Å². The number of rotatable bonds is 5. The third-order valence-corrected chi connectivity index (χ3v) is 5.80. The number of nitrogens with zero attached hydrogens (tertiary/aromatic N) is 4. The average Bonchev–Trinajstić information content (AvgIpc) is 3.28. The van der Waals surface area contributed by atoms with Gasteiger partial charge in [0.2, 0.25) is 0 Å². The lowest BCUT2D eigenvalue weighted by Crippen LogP contribution is -2.42. The monoisotopic (exact) mass is 447 g/mol. The maximum atomic E-state index is 13.8. The van der Waals surface area contributed by atoms with E-state index in [0.29, 0.717) is 41.4 Å². The molecule has 0 unspecified atom stereocenters. The first-order chi connectivity index (χ1) is 15.9. The second-order valence-corrected chi connectivity index (χ2v) is 8.17. The first-order valence-corrected chi connectivity index (χ1v) is 10.7. The van der Waals surface area contributed by atoms with Crippen LogP contribution in [-0.4, -0.2) is 39.6 Å². The highest BCUT2D eigenvalue weighted by molar-refractivity contribution is 5.87. The lowest BCUT2D eigenvalue weighted by atomic mass is 10.1. The van der Waals surface area contributed by atoms with Crippen molar-refractivity contribution in [3.05, 3.63) is 66.6 Å². The van der Waals surface area contributed by atoms with Gasteiger partial charge in [0.15, 0.2) is 11.5 Å². The van der Waals surface area contributed by atoms with Crippen LogP contribution in [0.15, 0.2) is 61.1 Å². The van der Waals surface area contributed by atoms with Crippen molar-refractivity contribution in [3.8, 4) is 11.3 Å². The Bertz CT molecular complexity index is 1310. The molecule has 0 aliphatic carbocycles. The summed E-state index contributed by atoms with van der Waals surface area (Å²) in [5.74, 6) is -2.09. The van der Waals surface area contributed by atoms with Crippen molar-refractivity contribution in [1.29, 1.82) is 5.41 Å². The van der Waals surface area contributed by atoms with E-state index in [1.807, 2.05) is 47.1 Å². The number of alkyl halides is 2. The fourth-order valence-electron chi connectivity index (χ4n) is 4.10. The molecular formula is C24H23F2N7. The van der Waals surface area contributed by atoms with Gasteiger partial charge in [-0.3, -0.25) is 0 Å². The van der Waals surface area contributed by atoms with Gasteiger partial charge in [-0.15, -0.1) is 0 Å². The summed E-state index contributed by atoms with van der Waals surface area (Å²) in [6.07, 6.45) is 7.03. The van der Waals surface area contributed by atoms with E-state index in [2.05, 4.69) is 10.3 Å².